The number of ether oxygens (including phenoxy) is 1. The molecule has 5 rings (SSSR count). The Labute approximate surface area is 183 Å². The lowest BCUT2D eigenvalue weighted by atomic mass is 9.98. The number of fused-ring (bicyclic) bond motifs is 3. The number of carbonyl (C=O) groups excluding carboxylic acids is 1. The molecule has 5 heteroatoms. The van der Waals surface area contributed by atoms with E-state index in [1.807, 2.05) is 37.4 Å². The van der Waals surface area contributed by atoms with E-state index in [1.54, 1.807) is 0 Å². The Morgan fingerprint density at radius 2 is 1.84 bits per heavy atom. The van der Waals surface area contributed by atoms with Crippen LogP contribution in [0.25, 0.3) is 10.9 Å². The van der Waals surface area contributed by atoms with Gasteiger partial charge in [-0.05, 0) is 62.9 Å². The number of hydrogen-bond donors (Lipinski definition) is 2. The predicted molar refractivity (Wildman–Crippen MR) is 123 cm³/mol. The summed E-state index contributed by atoms with van der Waals surface area (Å²) in [5.74, 6) is -0.131. The summed E-state index contributed by atoms with van der Waals surface area (Å²) in [6.07, 6.45) is 5.36. The molecule has 0 amide bonds. The fraction of sp³-hybridized carbons (Fsp3) is 0.423. The van der Waals surface area contributed by atoms with Crippen LogP contribution in [0.2, 0.25) is 0 Å². The number of likely N-dealkylation sites (N-methyl/N-ethyl adjacent to an activating group) is 1. The molecule has 2 N–H and O–H groups in total. The Bertz CT molecular complexity index is 1040. The quantitative estimate of drug-likeness (QED) is 0.579. The van der Waals surface area contributed by atoms with Gasteiger partial charge in [0.05, 0.1) is 6.04 Å². The van der Waals surface area contributed by atoms with Gasteiger partial charge in [-0.25, -0.2) is 4.79 Å². The van der Waals surface area contributed by atoms with Crippen molar-refractivity contribution in [2.75, 3.05) is 20.1 Å². The maximum absolute atomic E-state index is 13.3. The van der Waals surface area contributed by atoms with Crippen molar-refractivity contribution in [2.45, 2.75) is 50.3 Å². The Morgan fingerprint density at radius 1 is 1.10 bits per heavy atom. The number of H-pyrrole nitrogens is 1. The zero-order valence-electron chi connectivity index (χ0n) is 18.1. The molecule has 0 spiro atoms. The van der Waals surface area contributed by atoms with E-state index in [4.69, 9.17) is 4.74 Å². The molecule has 2 atom stereocenters. The summed E-state index contributed by atoms with van der Waals surface area (Å²) in [5, 5.41) is 4.97. The first-order chi connectivity index (χ1) is 15.2. The van der Waals surface area contributed by atoms with E-state index in [2.05, 4.69) is 39.5 Å². The van der Waals surface area contributed by atoms with Gasteiger partial charge in [-0.3, -0.25) is 4.90 Å². The van der Waals surface area contributed by atoms with Gasteiger partial charge < -0.3 is 15.0 Å². The molecule has 1 aliphatic heterocycles. The molecule has 2 heterocycles. The molecule has 5 nitrogen and oxygen atoms in total. The van der Waals surface area contributed by atoms with Crippen molar-refractivity contribution in [3.63, 3.8) is 0 Å². The monoisotopic (exact) mass is 417 g/mol. The average molecular weight is 418 g/mol. The standard InChI is InChI=1S/C26H31N3O2/c1-29(17-23-24-21(15-16-27-23)20-13-7-8-14-22(20)28-24)25(18-9-3-2-4-10-18)26(30)31-19-11-5-6-12-19/h2-4,7-10,13-14,19,23,25,27-28H,5-6,11-12,15-17H2,1H3/t23?,25-/m0/s1. The highest BCUT2D eigenvalue weighted by atomic mass is 16.5. The number of carbonyl (C=O) groups is 1. The summed E-state index contributed by atoms with van der Waals surface area (Å²) in [6, 6.07) is 18.3. The molecule has 2 aliphatic rings. The summed E-state index contributed by atoms with van der Waals surface area (Å²) < 4.78 is 5.95. The second-order valence-corrected chi connectivity index (χ2v) is 8.92. The Morgan fingerprint density at radius 3 is 2.65 bits per heavy atom. The maximum atomic E-state index is 13.3. The Balaban J connectivity index is 1.40. The van der Waals surface area contributed by atoms with Crippen molar-refractivity contribution in [3.05, 3.63) is 71.4 Å². The van der Waals surface area contributed by atoms with Gasteiger partial charge in [-0.2, -0.15) is 0 Å². The Hall–Kier alpha value is -2.63. The van der Waals surface area contributed by atoms with Crippen molar-refractivity contribution < 1.29 is 9.53 Å². The lowest BCUT2D eigenvalue weighted by Gasteiger charge is -2.33. The zero-order valence-corrected chi connectivity index (χ0v) is 18.1. The van der Waals surface area contributed by atoms with Gasteiger partial charge >= 0.3 is 5.97 Å². The minimum Gasteiger partial charge on any atom is -0.461 e. The fourth-order valence-corrected chi connectivity index (χ4v) is 5.25. The van der Waals surface area contributed by atoms with Gasteiger partial charge in [-0.15, -0.1) is 0 Å². The van der Waals surface area contributed by atoms with Gasteiger partial charge in [0.25, 0.3) is 0 Å². The predicted octanol–water partition coefficient (Wildman–Crippen LogP) is 4.51. The minimum atomic E-state index is -0.404. The third-order valence-electron chi connectivity index (χ3n) is 6.80. The number of rotatable bonds is 6. The van der Waals surface area contributed by atoms with Crippen molar-refractivity contribution in [1.82, 2.24) is 15.2 Å². The average Bonchev–Trinajstić information content (AvgIpc) is 3.43. The first-order valence-corrected chi connectivity index (χ1v) is 11.5. The van der Waals surface area contributed by atoms with Crippen LogP contribution in [0.1, 0.15) is 54.6 Å². The summed E-state index contributed by atoms with van der Waals surface area (Å²) in [5.41, 5.74) is 4.82. The fourth-order valence-electron chi connectivity index (χ4n) is 5.25. The van der Waals surface area contributed by atoms with Crippen LogP contribution in [-0.2, 0) is 16.0 Å². The van der Waals surface area contributed by atoms with Gasteiger partial charge in [-0.1, -0.05) is 48.5 Å². The second-order valence-electron chi connectivity index (χ2n) is 8.92. The zero-order chi connectivity index (χ0) is 21.2. The van der Waals surface area contributed by atoms with Crippen LogP contribution in [0.3, 0.4) is 0 Å². The number of esters is 1. The van der Waals surface area contributed by atoms with Gasteiger partial charge in [0.15, 0.2) is 0 Å². The number of nitrogens with one attached hydrogen (secondary N) is 2. The Kier molecular flexibility index (Phi) is 5.79. The van der Waals surface area contributed by atoms with Crippen LogP contribution < -0.4 is 5.32 Å². The van der Waals surface area contributed by atoms with E-state index in [9.17, 15) is 4.79 Å². The lowest BCUT2D eigenvalue weighted by Crippen LogP contribution is -2.41. The molecular formula is C26H31N3O2. The van der Waals surface area contributed by atoms with Gasteiger partial charge in [0.2, 0.25) is 0 Å². The molecule has 1 saturated carbocycles. The van der Waals surface area contributed by atoms with Crippen LogP contribution in [0, 0.1) is 0 Å². The van der Waals surface area contributed by atoms with Crippen molar-refractivity contribution >= 4 is 16.9 Å². The highest BCUT2D eigenvalue weighted by Gasteiger charge is 2.33. The van der Waals surface area contributed by atoms with E-state index in [0.717, 1.165) is 50.8 Å². The van der Waals surface area contributed by atoms with E-state index in [-0.39, 0.29) is 18.1 Å². The molecule has 1 aliphatic carbocycles. The van der Waals surface area contributed by atoms with Gasteiger partial charge in [0, 0.05) is 23.1 Å². The molecule has 31 heavy (non-hydrogen) atoms. The van der Waals surface area contributed by atoms with E-state index in [0.29, 0.717) is 0 Å². The molecule has 0 bridgehead atoms. The number of hydrogen-bond acceptors (Lipinski definition) is 4. The van der Waals surface area contributed by atoms with Crippen LogP contribution in [0.15, 0.2) is 54.6 Å². The first-order valence-electron chi connectivity index (χ1n) is 11.5. The smallest absolute Gasteiger partial charge is 0.328 e. The van der Waals surface area contributed by atoms with Crippen molar-refractivity contribution in [3.8, 4) is 0 Å². The lowest BCUT2D eigenvalue weighted by molar-refractivity contribution is -0.155. The normalized spacial score (nSPS) is 20.1. The number of aromatic amines is 1. The molecule has 1 unspecified atom stereocenters. The van der Waals surface area contributed by atoms with Crippen molar-refractivity contribution in [2.24, 2.45) is 0 Å². The summed E-state index contributed by atoms with van der Waals surface area (Å²) in [4.78, 5) is 19.1. The molecule has 0 saturated heterocycles. The highest BCUT2D eigenvalue weighted by Crippen LogP contribution is 2.32. The third kappa shape index (κ3) is 4.12. The van der Waals surface area contributed by atoms with Gasteiger partial charge in [0.1, 0.15) is 12.1 Å². The van der Waals surface area contributed by atoms with E-state index < -0.39 is 6.04 Å². The number of benzene rings is 2. The maximum Gasteiger partial charge on any atom is 0.328 e. The third-order valence-corrected chi connectivity index (χ3v) is 6.80. The van der Waals surface area contributed by atoms with Crippen LogP contribution >= 0.6 is 0 Å². The number of aromatic nitrogens is 1. The van der Waals surface area contributed by atoms with Crippen LogP contribution in [0.5, 0.6) is 0 Å². The number of para-hydroxylation sites is 1. The molecule has 1 fully saturated rings. The topological polar surface area (TPSA) is 57.4 Å². The summed E-state index contributed by atoms with van der Waals surface area (Å²) in [7, 11) is 2.03. The highest BCUT2D eigenvalue weighted by molar-refractivity contribution is 5.85. The number of nitrogens with zero attached hydrogens (tertiary/aromatic N) is 1. The van der Waals surface area contributed by atoms with Crippen molar-refractivity contribution in [1.29, 1.82) is 0 Å². The largest absolute Gasteiger partial charge is 0.461 e. The molecule has 3 aromatic rings. The molecule has 162 valence electrons. The van der Waals surface area contributed by atoms with E-state index >= 15 is 0 Å². The molecule has 1 aromatic heterocycles. The first kappa shape index (κ1) is 20.3. The SMILES string of the molecule is CN(CC1NCCc2c1[nH]c1ccccc21)[C@H](C(=O)OC1CCCC1)c1ccccc1. The summed E-state index contributed by atoms with van der Waals surface area (Å²) >= 11 is 0. The molecule has 0 radical (unpaired) electrons. The van der Waals surface area contributed by atoms with Crippen LogP contribution in [-0.4, -0.2) is 42.1 Å². The minimum absolute atomic E-state index is 0.0697. The second kappa shape index (κ2) is 8.85. The van der Waals surface area contributed by atoms with Crippen LogP contribution in [0.4, 0.5) is 0 Å². The summed E-state index contributed by atoms with van der Waals surface area (Å²) in [6.45, 7) is 1.66. The van der Waals surface area contributed by atoms with E-state index in [1.165, 1.54) is 22.2 Å². The molecule has 2 aromatic carbocycles. The molecular weight excluding hydrogens is 386 g/mol.